The van der Waals surface area contributed by atoms with Gasteiger partial charge in [0.1, 0.15) is 12.1 Å². The summed E-state index contributed by atoms with van der Waals surface area (Å²) in [6, 6.07) is -1.63. The van der Waals surface area contributed by atoms with Crippen LogP contribution in [0.1, 0.15) is 144 Å². The lowest BCUT2D eigenvalue weighted by Gasteiger charge is -2.31. The van der Waals surface area contributed by atoms with Gasteiger partial charge in [0.05, 0.1) is 12.6 Å². The van der Waals surface area contributed by atoms with Crippen molar-refractivity contribution >= 4 is 35.4 Å². The first-order valence-electron chi connectivity index (χ1n) is 19.9. The summed E-state index contributed by atoms with van der Waals surface area (Å²) in [5.74, 6) is -3.66. The number of rotatable bonds is 24. The lowest BCUT2D eigenvalue weighted by molar-refractivity contribution is -0.144. The third-order valence-electron chi connectivity index (χ3n) is 10.4. The molecule has 0 aromatic rings. The molecule has 3 unspecified atom stereocenters. The molecule has 0 saturated carbocycles. The third kappa shape index (κ3) is 14.6. The van der Waals surface area contributed by atoms with Gasteiger partial charge >= 0.3 is 0 Å². The van der Waals surface area contributed by atoms with Crippen LogP contribution in [-0.4, -0.2) is 94.3 Å². The van der Waals surface area contributed by atoms with Crippen molar-refractivity contribution in [2.75, 3.05) is 19.7 Å². The molecule has 6 amide bonds. The second-order valence-corrected chi connectivity index (χ2v) is 15.1. The lowest BCUT2D eigenvalue weighted by atomic mass is 9.94. The van der Waals surface area contributed by atoms with Gasteiger partial charge in [-0.1, -0.05) is 79.6 Å². The van der Waals surface area contributed by atoms with Crippen LogP contribution < -0.4 is 21.6 Å². The van der Waals surface area contributed by atoms with Crippen molar-refractivity contribution < 1.29 is 38.8 Å². The van der Waals surface area contributed by atoms with Gasteiger partial charge in [0.25, 0.3) is 0 Å². The molecule has 6 atom stereocenters. The van der Waals surface area contributed by atoms with Crippen LogP contribution in [0.4, 0.5) is 0 Å². The summed E-state index contributed by atoms with van der Waals surface area (Å²) in [6.07, 6.45) is 10.5. The Morgan fingerprint density at radius 1 is 0.731 bits per heavy atom. The van der Waals surface area contributed by atoms with Crippen molar-refractivity contribution in [3.8, 4) is 0 Å². The van der Waals surface area contributed by atoms with Gasteiger partial charge in [-0.25, -0.2) is 11.0 Å². The minimum absolute atomic E-state index is 0.0420. The number of hydrogen-bond donors (Lipinski definition) is 5. The Morgan fingerprint density at radius 2 is 1.31 bits per heavy atom. The molecule has 14 heteroatoms. The van der Waals surface area contributed by atoms with Crippen molar-refractivity contribution in [2.24, 2.45) is 17.8 Å². The summed E-state index contributed by atoms with van der Waals surface area (Å²) < 4.78 is 0. The lowest BCUT2D eigenvalue weighted by Crippen LogP contribution is -2.54. The van der Waals surface area contributed by atoms with E-state index < -0.39 is 41.6 Å². The Morgan fingerprint density at radius 3 is 1.85 bits per heavy atom. The van der Waals surface area contributed by atoms with Crippen LogP contribution in [0, 0.1) is 17.8 Å². The van der Waals surface area contributed by atoms with E-state index in [9.17, 15) is 28.8 Å². The molecule has 2 aliphatic heterocycles. The predicted molar refractivity (Wildman–Crippen MR) is 197 cm³/mol. The quantitative estimate of drug-likeness (QED) is 0.0556. The summed E-state index contributed by atoms with van der Waals surface area (Å²) in [5.41, 5.74) is 4.08. The average Bonchev–Trinajstić information content (AvgIpc) is 3.77. The van der Waals surface area contributed by atoms with Gasteiger partial charge in [-0.05, 0) is 57.8 Å². The zero-order chi connectivity index (χ0) is 38.6. The van der Waals surface area contributed by atoms with Crippen molar-refractivity contribution in [2.45, 2.75) is 168 Å². The van der Waals surface area contributed by atoms with E-state index in [0.29, 0.717) is 38.8 Å². The van der Waals surface area contributed by atoms with E-state index in [1.54, 1.807) is 10.4 Å². The number of unbranched alkanes of at least 4 members (excludes halogenated alkanes) is 4. The molecule has 0 aromatic heterocycles. The minimum Gasteiger partial charge on any atom is -0.344 e. The first-order chi connectivity index (χ1) is 24.9. The fraction of sp³-hybridized carbons (Fsp3) is 0.842. The van der Waals surface area contributed by atoms with Crippen LogP contribution >= 0.6 is 0 Å². The minimum atomic E-state index is -0.826. The fourth-order valence-electron chi connectivity index (χ4n) is 7.25. The van der Waals surface area contributed by atoms with E-state index in [2.05, 4.69) is 23.0 Å². The molecule has 14 nitrogen and oxygen atoms in total. The zero-order valence-electron chi connectivity index (χ0n) is 32.7. The number of carbonyl (C=O) groups is 6. The number of hydroxylamine groups is 2. The predicted octanol–water partition coefficient (Wildman–Crippen LogP) is 4.14. The summed E-state index contributed by atoms with van der Waals surface area (Å²) in [7, 11) is 0. The maximum Gasteiger partial charge on any atom is 0.245 e. The van der Waals surface area contributed by atoms with Gasteiger partial charge in [0, 0.05) is 43.8 Å². The Bertz CT molecular complexity index is 1150. The van der Waals surface area contributed by atoms with Gasteiger partial charge in [-0.3, -0.25) is 38.8 Å². The van der Waals surface area contributed by atoms with E-state index in [4.69, 9.17) is 10.0 Å². The average molecular weight is 737 g/mol. The highest BCUT2D eigenvalue weighted by Crippen LogP contribution is 2.23. The van der Waals surface area contributed by atoms with Crippen LogP contribution in [0.5, 0.6) is 0 Å². The van der Waals surface area contributed by atoms with Crippen molar-refractivity contribution in [1.82, 2.24) is 31.4 Å². The van der Waals surface area contributed by atoms with Crippen LogP contribution in [-0.2, 0) is 33.6 Å². The molecule has 52 heavy (non-hydrogen) atoms. The highest BCUT2D eigenvalue weighted by Gasteiger charge is 2.37. The molecule has 0 aromatic carbocycles. The first-order valence-corrected chi connectivity index (χ1v) is 19.9. The van der Waals surface area contributed by atoms with Crippen LogP contribution in [0.3, 0.4) is 0 Å². The Kier molecular flexibility index (Phi) is 20.8. The van der Waals surface area contributed by atoms with Gasteiger partial charge in [-0.2, -0.15) is 0 Å². The highest BCUT2D eigenvalue weighted by atomic mass is 16.7. The van der Waals surface area contributed by atoms with Gasteiger partial charge in [-0.15, -0.1) is 0 Å². The highest BCUT2D eigenvalue weighted by molar-refractivity contribution is 5.92. The smallest absolute Gasteiger partial charge is 0.245 e. The first kappa shape index (κ1) is 44.9. The molecule has 2 rings (SSSR count). The Balaban J connectivity index is 2.01. The van der Waals surface area contributed by atoms with Crippen molar-refractivity contribution in [3.05, 3.63) is 0 Å². The number of carbonyl (C=O) groups excluding carboxylic acids is 6. The molecule has 2 heterocycles. The van der Waals surface area contributed by atoms with E-state index in [0.717, 1.165) is 64.2 Å². The second-order valence-electron chi connectivity index (χ2n) is 15.1. The van der Waals surface area contributed by atoms with Gasteiger partial charge in [0.15, 0.2) is 0 Å². The van der Waals surface area contributed by atoms with Crippen molar-refractivity contribution in [3.63, 3.8) is 0 Å². The number of likely N-dealkylation sites (tertiary alicyclic amines) is 2. The second kappa shape index (κ2) is 24.1. The number of hydrogen-bond acceptors (Lipinski definition) is 8. The largest absolute Gasteiger partial charge is 0.344 e. The van der Waals surface area contributed by atoms with E-state index in [1.165, 1.54) is 0 Å². The summed E-state index contributed by atoms with van der Waals surface area (Å²) >= 11 is 0. The summed E-state index contributed by atoms with van der Waals surface area (Å²) in [5, 5.41) is 14.9. The molecule has 2 saturated heterocycles. The normalized spacial score (nSPS) is 19.5. The summed E-state index contributed by atoms with van der Waals surface area (Å²) in [4.78, 5) is 88.1. The number of amides is 6. The Hall–Kier alpha value is -3.26. The Labute approximate surface area is 311 Å². The third-order valence-corrected chi connectivity index (χ3v) is 10.4. The topological polar surface area (TPSA) is 186 Å². The molecule has 0 aliphatic carbocycles. The molecular weight excluding hydrogens is 668 g/mol. The van der Waals surface area contributed by atoms with E-state index >= 15 is 0 Å². The monoisotopic (exact) mass is 737 g/mol. The fourth-order valence-corrected chi connectivity index (χ4v) is 7.25. The number of nitrogens with one attached hydrogen (secondary N) is 4. The molecular formula is C38H68N6O8. The molecule has 2 fully saturated rings. The van der Waals surface area contributed by atoms with Crippen LogP contribution in [0.25, 0.3) is 0 Å². The van der Waals surface area contributed by atoms with Gasteiger partial charge < -0.3 is 20.4 Å². The van der Waals surface area contributed by atoms with Crippen LogP contribution in [0.15, 0.2) is 0 Å². The summed E-state index contributed by atoms with van der Waals surface area (Å²) in [6.45, 7) is 13.0. The van der Waals surface area contributed by atoms with Gasteiger partial charge in [0.2, 0.25) is 35.4 Å². The molecule has 0 radical (unpaired) electrons. The standard InChI is InChI=1S/C38H68N6O8/c1-7-10-12-18-28(23-32(45)41-51)36(48)40-34(26(4)5)38(50)44-22-15-20-30(44)25-52-42-33(46)24-29(19-13-11-8-2)35(47)39-31(16-9-3)37(49)43-21-14-17-27(43)6/h26-31,34,51H,7-25H2,1-6H3,(H,39,47)(H,40,48)(H,41,45)(H,42,46)/t27?,28-,29?,30+,31?,34+/m1/s1. The maximum atomic E-state index is 13.8. The van der Waals surface area contributed by atoms with Crippen LogP contribution in [0.2, 0.25) is 0 Å². The van der Waals surface area contributed by atoms with E-state index in [-0.39, 0.29) is 55.2 Å². The zero-order valence-corrected chi connectivity index (χ0v) is 32.7. The number of nitrogens with zero attached hydrogens (tertiary/aromatic N) is 2. The SMILES string of the molecule is CCCCCC(CC(=O)NOC[C@@H]1CCCN1C(=O)[C@@H](NC(=O)[C@H](CCCCC)CC(=O)NO)C(C)C)C(=O)NC(CCC)C(=O)N1CCCC1C. The molecule has 298 valence electrons. The molecule has 5 N–H and O–H groups in total. The molecule has 0 spiro atoms. The van der Waals surface area contributed by atoms with Crippen molar-refractivity contribution in [1.29, 1.82) is 0 Å². The van der Waals surface area contributed by atoms with E-state index in [1.807, 2.05) is 39.5 Å². The molecule has 2 aliphatic rings. The molecule has 0 bridgehead atoms. The maximum absolute atomic E-state index is 13.8.